The first-order valence-corrected chi connectivity index (χ1v) is 6.42. The molecule has 4 heteroatoms. The summed E-state index contributed by atoms with van der Waals surface area (Å²) in [7, 11) is 0. The highest BCUT2D eigenvalue weighted by molar-refractivity contribution is 5.78. The Morgan fingerprint density at radius 3 is 2.81 bits per heavy atom. The standard InChI is InChI=1S/C12H24N2O2/c1-2-8-13-9-12(16)14-10-6-4-3-5-7-11(10)15/h10-11,13,15H,2-9H2,1H3,(H,14,16). The van der Waals surface area contributed by atoms with Crippen molar-refractivity contribution in [1.29, 1.82) is 0 Å². The number of aliphatic hydroxyl groups excluding tert-OH is 1. The fourth-order valence-corrected chi connectivity index (χ4v) is 2.09. The van der Waals surface area contributed by atoms with Crippen LogP contribution in [0.1, 0.15) is 45.4 Å². The van der Waals surface area contributed by atoms with E-state index >= 15 is 0 Å². The zero-order valence-electron chi connectivity index (χ0n) is 10.2. The van der Waals surface area contributed by atoms with E-state index in [-0.39, 0.29) is 18.1 Å². The largest absolute Gasteiger partial charge is 0.391 e. The molecule has 1 fully saturated rings. The molecular formula is C12H24N2O2. The molecule has 0 saturated heterocycles. The summed E-state index contributed by atoms with van der Waals surface area (Å²) in [6, 6.07) is -0.0431. The lowest BCUT2D eigenvalue weighted by Crippen LogP contribution is -2.46. The van der Waals surface area contributed by atoms with Gasteiger partial charge in [-0.2, -0.15) is 0 Å². The summed E-state index contributed by atoms with van der Waals surface area (Å²) in [5.74, 6) is -0.000556. The molecule has 1 amide bonds. The Bertz CT molecular complexity index is 209. The smallest absolute Gasteiger partial charge is 0.234 e. The van der Waals surface area contributed by atoms with Gasteiger partial charge in [-0.15, -0.1) is 0 Å². The van der Waals surface area contributed by atoms with E-state index in [9.17, 15) is 9.90 Å². The minimum atomic E-state index is -0.363. The van der Waals surface area contributed by atoms with Crippen LogP contribution in [0.2, 0.25) is 0 Å². The zero-order valence-corrected chi connectivity index (χ0v) is 10.2. The molecule has 4 nitrogen and oxygen atoms in total. The lowest BCUT2D eigenvalue weighted by molar-refractivity contribution is -0.121. The predicted molar refractivity (Wildman–Crippen MR) is 64.2 cm³/mol. The van der Waals surface area contributed by atoms with E-state index < -0.39 is 0 Å². The van der Waals surface area contributed by atoms with Crippen molar-refractivity contribution in [3.8, 4) is 0 Å². The van der Waals surface area contributed by atoms with Crippen molar-refractivity contribution in [2.45, 2.75) is 57.6 Å². The topological polar surface area (TPSA) is 61.4 Å². The second-order valence-electron chi connectivity index (χ2n) is 4.56. The third kappa shape index (κ3) is 4.94. The van der Waals surface area contributed by atoms with Crippen LogP contribution in [-0.4, -0.2) is 36.2 Å². The van der Waals surface area contributed by atoms with E-state index in [4.69, 9.17) is 0 Å². The van der Waals surface area contributed by atoms with Crippen LogP contribution in [0.25, 0.3) is 0 Å². The highest BCUT2D eigenvalue weighted by Crippen LogP contribution is 2.17. The average Bonchev–Trinajstić information content (AvgIpc) is 2.45. The number of carbonyl (C=O) groups is 1. The second-order valence-corrected chi connectivity index (χ2v) is 4.56. The summed E-state index contributed by atoms with van der Waals surface area (Å²) < 4.78 is 0. The minimum Gasteiger partial charge on any atom is -0.391 e. The van der Waals surface area contributed by atoms with E-state index in [2.05, 4.69) is 17.6 Å². The van der Waals surface area contributed by atoms with Crippen LogP contribution >= 0.6 is 0 Å². The van der Waals surface area contributed by atoms with Crippen LogP contribution < -0.4 is 10.6 Å². The molecule has 1 saturated carbocycles. The van der Waals surface area contributed by atoms with Crippen LogP contribution in [0.3, 0.4) is 0 Å². The monoisotopic (exact) mass is 228 g/mol. The lowest BCUT2D eigenvalue weighted by atomic mass is 10.1. The second kappa shape index (κ2) is 7.63. The molecule has 0 aromatic carbocycles. The number of nitrogens with one attached hydrogen (secondary N) is 2. The molecule has 0 aromatic heterocycles. The maximum absolute atomic E-state index is 11.6. The number of amides is 1. The Morgan fingerprint density at radius 2 is 2.06 bits per heavy atom. The highest BCUT2D eigenvalue weighted by atomic mass is 16.3. The summed E-state index contributed by atoms with van der Waals surface area (Å²) in [6.07, 6.45) is 5.72. The van der Waals surface area contributed by atoms with Crippen LogP contribution in [0.15, 0.2) is 0 Å². The van der Waals surface area contributed by atoms with Gasteiger partial charge in [0.05, 0.1) is 18.7 Å². The van der Waals surface area contributed by atoms with E-state index in [0.717, 1.165) is 45.1 Å². The molecule has 0 spiro atoms. The quantitative estimate of drug-likeness (QED) is 0.482. The van der Waals surface area contributed by atoms with Crippen molar-refractivity contribution in [3.05, 3.63) is 0 Å². The zero-order chi connectivity index (χ0) is 11.8. The van der Waals surface area contributed by atoms with Gasteiger partial charge in [0.15, 0.2) is 0 Å². The lowest BCUT2D eigenvalue weighted by Gasteiger charge is -2.21. The molecule has 0 aromatic rings. The molecule has 0 aliphatic heterocycles. The molecule has 2 atom stereocenters. The molecule has 0 radical (unpaired) electrons. The number of carbonyl (C=O) groups excluding carboxylic acids is 1. The maximum Gasteiger partial charge on any atom is 0.234 e. The number of aliphatic hydroxyl groups is 1. The number of hydrogen-bond donors (Lipinski definition) is 3. The Balaban J connectivity index is 2.25. The van der Waals surface area contributed by atoms with E-state index in [1.54, 1.807) is 0 Å². The van der Waals surface area contributed by atoms with Crippen LogP contribution in [-0.2, 0) is 4.79 Å². The molecule has 1 aliphatic rings. The van der Waals surface area contributed by atoms with Gasteiger partial charge in [0, 0.05) is 0 Å². The maximum atomic E-state index is 11.6. The summed E-state index contributed by atoms with van der Waals surface area (Å²) in [5, 5.41) is 15.8. The molecule has 2 unspecified atom stereocenters. The number of hydrogen-bond acceptors (Lipinski definition) is 3. The molecule has 0 heterocycles. The van der Waals surface area contributed by atoms with Crippen molar-refractivity contribution < 1.29 is 9.90 Å². The molecule has 16 heavy (non-hydrogen) atoms. The summed E-state index contributed by atoms with van der Waals surface area (Å²) in [6.45, 7) is 3.29. The molecular weight excluding hydrogens is 204 g/mol. The van der Waals surface area contributed by atoms with E-state index in [1.807, 2.05) is 0 Å². The SMILES string of the molecule is CCCNCC(=O)NC1CCCCCC1O. The van der Waals surface area contributed by atoms with E-state index in [0.29, 0.717) is 6.54 Å². The third-order valence-corrected chi connectivity index (χ3v) is 3.04. The Morgan fingerprint density at radius 1 is 1.31 bits per heavy atom. The first-order valence-electron chi connectivity index (χ1n) is 6.42. The van der Waals surface area contributed by atoms with E-state index in [1.165, 1.54) is 0 Å². The van der Waals surface area contributed by atoms with Gasteiger partial charge < -0.3 is 15.7 Å². The first kappa shape index (κ1) is 13.5. The van der Waals surface area contributed by atoms with Gasteiger partial charge in [-0.05, 0) is 25.8 Å². The molecule has 0 bridgehead atoms. The predicted octanol–water partition coefficient (Wildman–Crippen LogP) is 0.796. The molecule has 1 rings (SSSR count). The van der Waals surface area contributed by atoms with Crippen LogP contribution in [0.4, 0.5) is 0 Å². The highest BCUT2D eigenvalue weighted by Gasteiger charge is 2.22. The fourth-order valence-electron chi connectivity index (χ4n) is 2.09. The minimum absolute atomic E-state index is 0.000556. The van der Waals surface area contributed by atoms with Crippen molar-refractivity contribution in [2.75, 3.05) is 13.1 Å². The van der Waals surface area contributed by atoms with Gasteiger partial charge in [-0.25, -0.2) is 0 Å². The van der Waals surface area contributed by atoms with Crippen molar-refractivity contribution in [1.82, 2.24) is 10.6 Å². The molecule has 3 N–H and O–H groups in total. The van der Waals surface area contributed by atoms with Gasteiger partial charge in [0.2, 0.25) is 5.91 Å². The van der Waals surface area contributed by atoms with Gasteiger partial charge in [-0.3, -0.25) is 4.79 Å². The average molecular weight is 228 g/mol. The van der Waals surface area contributed by atoms with Crippen LogP contribution in [0.5, 0.6) is 0 Å². The summed E-state index contributed by atoms with van der Waals surface area (Å²) in [4.78, 5) is 11.6. The van der Waals surface area contributed by atoms with Crippen molar-refractivity contribution >= 4 is 5.91 Å². The van der Waals surface area contributed by atoms with Gasteiger partial charge in [0.1, 0.15) is 0 Å². The molecule has 1 aliphatic carbocycles. The Hall–Kier alpha value is -0.610. The summed E-state index contributed by atoms with van der Waals surface area (Å²) in [5.41, 5.74) is 0. The fraction of sp³-hybridized carbons (Fsp3) is 0.917. The van der Waals surface area contributed by atoms with Gasteiger partial charge in [-0.1, -0.05) is 26.2 Å². The number of rotatable bonds is 5. The summed E-state index contributed by atoms with van der Waals surface area (Å²) >= 11 is 0. The Kier molecular flexibility index (Phi) is 6.42. The van der Waals surface area contributed by atoms with Crippen molar-refractivity contribution in [3.63, 3.8) is 0 Å². The normalized spacial score (nSPS) is 26.1. The molecule has 94 valence electrons. The van der Waals surface area contributed by atoms with Gasteiger partial charge in [0.25, 0.3) is 0 Å². The first-order chi connectivity index (χ1) is 7.74. The van der Waals surface area contributed by atoms with Gasteiger partial charge >= 0.3 is 0 Å². The van der Waals surface area contributed by atoms with Crippen molar-refractivity contribution in [2.24, 2.45) is 0 Å². The third-order valence-electron chi connectivity index (χ3n) is 3.04. The Labute approximate surface area is 97.8 Å². The van der Waals surface area contributed by atoms with Crippen LogP contribution in [0, 0.1) is 0 Å².